The largest absolute Gasteiger partial charge is 0.493 e. The molecule has 36 heavy (non-hydrogen) atoms. The number of hydrogen-bond acceptors (Lipinski definition) is 8. The van der Waals surface area contributed by atoms with E-state index in [4.69, 9.17) is 9.47 Å². The Kier molecular flexibility index (Phi) is 6.43. The van der Waals surface area contributed by atoms with Gasteiger partial charge in [0.15, 0.2) is 11.5 Å². The molecule has 1 aliphatic rings. The average Bonchev–Trinajstić information content (AvgIpc) is 2.83. The Morgan fingerprint density at radius 3 is 2.69 bits per heavy atom. The van der Waals surface area contributed by atoms with E-state index in [0.29, 0.717) is 34.7 Å². The van der Waals surface area contributed by atoms with Gasteiger partial charge in [0.05, 0.1) is 12.6 Å². The summed E-state index contributed by atoms with van der Waals surface area (Å²) in [5.74, 6) is 1.54. The van der Waals surface area contributed by atoms with Crippen LogP contribution in [0.2, 0.25) is 0 Å². The summed E-state index contributed by atoms with van der Waals surface area (Å²) >= 11 is 0. The van der Waals surface area contributed by atoms with E-state index in [1.807, 2.05) is 18.2 Å². The molecule has 10 heteroatoms. The van der Waals surface area contributed by atoms with Crippen molar-refractivity contribution in [1.82, 2.24) is 19.9 Å². The molecule has 2 aromatic heterocycles. The molecule has 0 radical (unpaired) electrons. The standard InChI is InChI=1S/C26H27FN6O3/c1-33(2)17-13-18(14-17)36-21-8-7-16(12-22(21)35-3)29-26-28-10-9-23(31-26)30-20-11-15-5-4-6-19(27)24(15)32-25(20)34/h4-12,17-18H,13-14H2,1-3H3,(H,32,34)(H2,28,29,30,31). The van der Waals surface area contributed by atoms with Gasteiger partial charge in [0.2, 0.25) is 5.95 Å². The van der Waals surface area contributed by atoms with Crippen molar-refractivity contribution in [3.05, 3.63) is 70.9 Å². The van der Waals surface area contributed by atoms with Crippen LogP contribution in [0.15, 0.2) is 59.5 Å². The third-order valence-electron chi connectivity index (χ3n) is 6.26. The van der Waals surface area contributed by atoms with E-state index in [1.165, 1.54) is 6.07 Å². The lowest BCUT2D eigenvalue weighted by Crippen LogP contribution is -2.46. The first-order valence-corrected chi connectivity index (χ1v) is 11.6. The number of para-hydroxylation sites is 1. The van der Waals surface area contributed by atoms with E-state index in [1.54, 1.807) is 37.6 Å². The first kappa shape index (κ1) is 23.6. The van der Waals surface area contributed by atoms with Crippen LogP contribution in [-0.4, -0.2) is 53.2 Å². The van der Waals surface area contributed by atoms with E-state index in [2.05, 4.69) is 44.6 Å². The molecule has 5 rings (SSSR count). The summed E-state index contributed by atoms with van der Waals surface area (Å²) in [4.78, 5) is 25.9. The van der Waals surface area contributed by atoms with Gasteiger partial charge in [-0.2, -0.15) is 4.98 Å². The zero-order valence-electron chi connectivity index (χ0n) is 20.2. The van der Waals surface area contributed by atoms with Gasteiger partial charge in [-0.25, -0.2) is 9.37 Å². The highest BCUT2D eigenvalue weighted by Gasteiger charge is 2.32. The fourth-order valence-electron chi connectivity index (χ4n) is 4.12. The Bertz CT molecular complexity index is 1450. The summed E-state index contributed by atoms with van der Waals surface area (Å²) in [6.07, 6.45) is 3.71. The van der Waals surface area contributed by atoms with Crippen LogP contribution in [0.3, 0.4) is 0 Å². The monoisotopic (exact) mass is 490 g/mol. The van der Waals surface area contributed by atoms with Gasteiger partial charge >= 0.3 is 0 Å². The molecule has 0 spiro atoms. The van der Waals surface area contributed by atoms with E-state index in [-0.39, 0.29) is 17.3 Å². The number of benzene rings is 2. The van der Waals surface area contributed by atoms with E-state index in [0.717, 1.165) is 18.5 Å². The van der Waals surface area contributed by atoms with Gasteiger partial charge in [0, 0.05) is 29.4 Å². The highest BCUT2D eigenvalue weighted by atomic mass is 19.1. The number of nitrogens with zero attached hydrogens (tertiary/aromatic N) is 3. The molecule has 3 N–H and O–H groups in total. The van der Waals surface area contributed by atoms with Crippen molar-refractivity contribution in [2.24, 2.45) is 0 Å². The van der Waals surface area contributed by atoms with Crippen molar-refractivity contribution < 1.29 is 13.9 Å². The predicted octanol–water partition coefficient (Wildman–Crippen LogP) is 4.42. The zero-order chi connectivity index (χ0) is 25.2. The lowest BCUT2D eigenvalue weighted by molar-refractivity contribution is 0.0383. The molecule has 0 bridgehead atoms. The van der Waals surface area contributed by atoms with Crippen LogP contribution >= 0.6 is 0 Å². The minimum Gasteiger partial charge on any atom is -0.493 e. The fraction of sp³-hybridized carbons (Fsp3) is 0.269. The number of pyridine rings is 1. The number of anilines is 4. The summed E-state index contributed by atoms with van der Waals surface area (Å²) in [6.45, 7) is 0. The highest BCUT2D eigenvalue weighted by molar-refractivity contribution is 5.82. The number of fused-ring (bicyclic) bond motifs is 1. The Balaban J connectivity index is 1.29. The number of rotatable bonds is 8. The van der Waals surface area contributed by atoms with E-state index in [9.17, 15) is 9.18 Å². The molecule has 0 unspecified atom stereocenters. The number of hydrogen-bond donors (Lipinski definition) is 3. The molecular formula is C26H27FN6O3. The van der Waals surface area contributed by atoms with Crippen LogP contribution in [0.1, 0.15) is 12.8 Å². The van der Waals surface area contributed by atoms with Crippen LogP contribution in [0.5, 0.6) is 11.5 Å². The summed E-state index contributed by atoms with van der Waals surface area (Å²) < 4.78 is 25.6. The van der Waals surface area contributed by atoms with E-state index < -0.39 is 11.4 Å². The summed E-state index contributed by atoms with van der Waals surface area (Å²) in [5.41, 5.74) is 0.669. The maximum atomic E-state index is 14.0. The van der Waals surface area contributed by atoms with Gasteiger partial charge in [-0.1, -0.05) is 12.1 Å². The van der Waals surface area contributed by atoms with Gasteiger partial charge in [0.1, 0.15) is 23.4 Å². The van der Waals surface area contributed by atoms with Gasteiger partial charge < -0.3 is 30.0 Å². The second kappa shape index (κ2) is 9.82. The Morgan fingerprint density at radius 1 is 1.08 bits per heavy atom. The summed E-state index contributed by atoms with van der Waals surface area (Å²) in [5, 5.41) is 6.70. The quantitative estimate of drug-likeness (QED) is 0.333. The molecule has 0 atom stereocenters. The zero-order valence-corrected chi connectivity index (χ0v) is 20.2. The molecule has 0 saturated heterocycles. The molecule has 1 aliphatic carbocycles. The number of ether oxygens (including phenoxy) is 2. The first-order chi connectivity index (χ1) is 17.4. The maximum absolute atomic E-state index is 14.0. The highest BCUT2D eigenvalue weighted by Crippen LogP contribution is 2.36. The van der Waals surface area contributed by atoms with Crippen LogP contribution in [0.25, 0.3) is 10.9 Å². The number of halogens is 1. The molecule has 2 heterocycles. The van der Waals surface area contributed by atoms with Crippen molar-refractivity contribution in [2.75, 3.05) is 31.8 Å². The van der Waals surface area contributed by atoms with Crippen molar-refractivity contribution in [3.63, 3.8) is 0 Å². The lowest BCUT2D eigenvalue weighted by Gasteiger charge is -2.39. The van der Waals surface area contributed by atoms with Crippen molar-refractivity contribution in [1.29, 1.82) is 0 Å². The second-order valence-electron chi connectivity index (χ2n) is 8.93. The molecule has 1 fully saturated rings. The number of aromatic amines is 1. The van der Waals surface area contributed by atoms with Crippen LogP contribution in [0.4, 0.5) is 27.5 Å². The lowest BCUT2D eigenvalue weighted by atomic mass is 9.88. The summed E-state index contributed by atoms with van der Waals surface area (Å²) in [6, 6.07) is 13.9. The van der Waals surface area contributed by atoms with Gasteiger partial charge in [0.25, 0.3) is 5.56 Å². The van der Waals surface area contributed by atoms with Crippen molar-refractivity contribution in [2.45, 2.75) is 25.0 Å². The smallest absolute Gasteiger partial charge is 0.272 e. The fourth-order valence-corrected chi connectivity index (χ4v) is 4.12. The molecule has 186 valence electrons. The van der Waals surface area contributed by atoms with Crippen LogP contribution < -0.4 is 25.7 Å². The minimum absolute atomic E-state index is 0.161. The molecule has 9 nitrogen and oxygen atoms in total. The SMILES string of the molecule is COc1cc(Nc2nccc(Nc3cc4cccc(F)c4[nH]c3=O)n2)ccc1OC1CC(N(C)C)C1. The Labute approximate surface area is 207 Å². The van der Waals surface area contributed by atoms with E-state index >= 15 is 0 Å². The topological polar surface area (TPSA) is 104 Å². The van der Waals surface area contributed by atoms with Gasteiger partial charge in [-0.15, -0.1) is 0 Å². The summed E-state index contributed by atoms with van der Waals surface area (Å²) in [7, 11) is 5.76. The number of aromatic nitrogens is 3. The van der Waals surface area contributed by atoms with Crippen LogP contribution in [0, 0.1) is 5.82 Å². The second-order valence-corrected chi connectivity index (χ2v) is 8.93. The first-order valence-electron chi connectivity index (χ1n) is 11.6. The number of nitrogens with one attached hydrogen (secondary N) is 3. The molecular weight excluding hydrogens is 463 g/mol. The Morgan fingerprint density at radius 2 is 1.92 bits per heavy atom. The predicted molar refractivity (Wildman–Crippen MR) is 137 cm³/mol. The molecule has 2 aromatic carbocycles. The molecule has 4 aromatic rings. The molecule has 0 amide bonds. The minimum atomic E-state index is -0.484. The van der Waals surface area contributed by atoms with Crippen molar-refractivity contribution >= 4 is 34.0 Å². The number of methoxy groups -OCH3 is 1. The molecule has 1 saturated carbocycles. The normalized spacial score (nSPS) is 17.0. The van der Waals surface area contributed by atoms with Crippen LogP contribution in [-0.2, 0) is 0 Å². The number of H-pyrrole nitrogens is 1. The van der Waals surface area contributed by atoms with Crippen molar-refractivity contribution in [3.8, 4) is 11.5 Å². The third kappa shape index (κ3) is 4.94. The van der Waals surface area contributed by atoms with Gasteiger partial charge in [-0.3, -0.25) is 4.79 Å². The maximum Gasteiger partial charge on any atom is 0.272 e. The Hall–Kier alpha value is -4.18. The third-order valence-corrected chi connectivity index (χ3v) is 6.26. The van der Waals surface area contributed by atoms with Gasteiger partial charge in [-0.05, 0) is 57.3 Å². The molecule has 0 aliphatic heterocycles. The average molecular weight is 491 g/mol.